The molecule has 0 fully saturated rings. The molecule has 0 bridgehead atoms. The van der Waals surface area contributed by atoms with Gasteiger partial charge in [-0.3, -0.25) is 0 Å². The Morgan fingerprint density at radius 2 is 1.52 bits per heavy atom. The first-order valence-electron chi connectivity index (χ1n) is 10.8. The highest BCUT2D eigenvalue weighted by atomic mass is 15.0. The third-order valence-electron chi connectivity index (χ3n) is 7.51. The molecule has 0 atom stereocenters. The first-order chi connectivity index (χ1) is 15.1. The SMILES string of the molecule is CC1(C)c2ccccc2B2c3c1ccc(C#N)c3-n1c3ccccc3c3cccc2c31. The largest absolute Gasteiger partial charge is 0.309 e. The van der Waals surface area contributed by atoms with Crippen LogP contribution in [0.15, 0.2) is 78.9 Å². The van der Waals surface area contributed by atoms with Crippen LogP contribution in [0.4, 0.5) is 0 Å². The highest BCUT2D eigenvalue weighted by Gasteiger charge is 2.45. The van der Waals surface area contributed by atoms with Crippen LogP contribution < -0.4 is 16.4 Å². The van der Waals surface area contributed by atoms with Crippen molar-refractivity contribution in [1.82, 2.24) is 4.57 Å². The Balaban J connectivity index is 1.80. The van der Waals surface area contributed by atoms with E-state index in [1.165, 1.54) is 49.3 Å². The minimum absolute atomic E-state index is 0.125. The number of nitriles is 1. The minimum Gasteiger partial charge on any atom is -0.309 e. The predicted molar refractivity (Wildman–Crippen MR) is 129 cm³/mol. The van der Waals surface area contributed by atoms with Crippen molar-refractivity contribution in [2.45, 2.75) is 19.3 Å². The molecule has 144 valence electrons. The second-order valence-corrected chi connectivity index (χ2v) is 9.28. The van der Waals surface area contributed by atoms with E-state index in [2.05, 4.69) is 97.3 Å². The van der Waals surface area contributed by atoms with Crippen LogP contribution >= 0.6 is 0 Å². The Labute approximate surface area is 181 Å². The Kier molecular flexibility index (Phi) is 3.00. The molecule has 7 rings (SSSR count). The van der Waals surface area contributed by atoms with Crippen LogP contribution in [-0.4, -0.2) is 11.3 Å². The minimum atomic E-state index is -0.125. The molecule has 4 aromatic carbocycles. The Morgan fingerprint density at radius 1 is 0.774 bits per heavy atom. The van der Waals surface area contributed by atoms with Crippen molar-refractivity contribution in [3.8, 4) is 11.8 Å². The van der Waals surface area contributed by atoms with Gasteiger partial charge < -0.3 is 4.57 Å². The van der Waals surface area contributed by atoms with Crippen LogP contribution in [0.1, 0.15) is 30.5 Å². The number of rotatable bonds is 0. The lowest BCUT2D eigenvalue weighted by Gasteiger charge is -2.42. The molecule has 1 aromatic heterocycles. The third kappa shape index (κ3) is 1.85. The summed E-state index contributed by atoms with van der Waals surface area (Å²) in [5.74, 6) is 0. The molecule has 5 aromatic rings. The van der Waals surface area contributed by atoms with Gasteiger partial charge in [0, 0.05) is 21.7 Å². The number of fused-ring (bicyclic) bond motifs is 7. The Morgan fingerprint density at radius 3 is 2.39 bits per heavy atom. The quantitative estimate of drug-likeness (QED) is 0.356. The standard InChI is InChI=1S/C28H19BN2/c1-28(2)20-10-4-5-11-22(20)29-23-12-7-9-19-18-8-3-6-13-24(18)31(27(19)23)26-17(16-30)14-15-21(28)25(26)29/h3-15H,1-2H3. The van der Waals surface area contributed by atoms with Crippen LogP contribution in [-0.2, 0) is 5.41 Å². The maximum atomic E-state index is 10.1. The molecule has 0 aliphatic carbocycles. The highest BCUT2D eigenvalue weighted by Crippen LogP contribution is 2.40. The summed E-state index contributed by atoms with van der Waals surface area (Å²) < 4.78 is 2.36. The van der Waals surface area contributed by atoms with E-state index in [0.717, 1.165) is 11.3 Å². The number of nitrogens with zero attached hydrogens (tertiary/aromatic N) is 2. The van der Waals surface area contributed by atoms with E-state index < -0.39 is 0 Å². The summed E-state index contributed by atoms with van der Waals surface area (Å²) in [4.78, 5) is 0. The van der Waals surface area contributed by atoms with Gasteiger partial charge in [0.15, 0.2) is 0 Å². The van der Waals surface area contributed by atoms with Crippen molar-refractivity contribution in [1.29, 1.82) is 5.26 Å². The molecule has 0 saturated carbocycles. The van der Waals surface area contributed by atoms with E-state index in [-0.39, 0.29) is 12.1 Å². The lowest BCUT2D eigenvalue weighted by atomic mass is 9.30. The van der Waals surface area contributed by atoms with E-state index in [4.69, 9.17) is 0 Å². The maximum Gasteiger partial charge on any atom is 0.247 e. The molecule has 2 aliphatic heterocycles. The van der Waals surface area contributed by atoms with Crippen LogP contribution in [0.25, 0.3) is 27.5 Å². The molecule has 0 spiro atoms. The van der Waals surface area contributed by atoms with Gasteiger partial charge in [-0.1, -0.05) is 86.0 Å². The number of hydrogen-bond donors (Lipinski definition) is 0. The maximum absolute atomic E-state index is 10.1. The summed E-state index contributed by atoms with van der Waals surface area (Å²) in [7, 11) is 0. The molecule has 3 heterocycles. The highest BCUT2D eigenvalue weighted by molar-refractivity contribution is 6.99. The summed E-state index contributed by atoms with van der Waals surface area (Å²) in [6, 6.07) is 30.9. The van der Waals surface area contributed by atoms with Crippen LogP contribution in [0.5, 0.6) is 0 Å². The van der Waals surface area contributed by atoms with Gasteiger partial charge in [-0.05, 0) is 34.2 Å². The van der Waals surface area contributed by atoms with Crippen molar-refractivity contribution in [2.75, 3.05) is 0 Å². The van der Waals surface area contributed by atoms with E-state index in [1.54, 1.807) is 0 Å². The molecule has 31 heavy (non-hydrogen) atoms. The van der Waals surface area contributed by atoms with Crippen molar-refractivity contribution >= 4 is 44.9 Å². The van der Waals surface area contributed by atoms with Gasteiger partial charge in [0.05, 0.1) is 16.8 Å². The molecule has 0 N–H and O–H groups in total. The monoisotopic (exact) mass is 394 g/mol. The van der Waals surface area contributed by atoms with E-state index in [1.807, 2.05) is 6.07 Å². The number of benzene rings is 4. The van der Waals surface area contributed by atoms with Crippen molar-refractivity contribution in [3.05, 3.63) is 95.6 Å². The summed E-state index contributed by atoms with van der Waals surface area (Å²) in [5.41, 5.74) is 10.8. The summed E-state index contributed by atoms with van der Waals surface area (Å²) in [5, 5.41) is 12.6. The summed E-state index contributed by atoms with van der Waals surface area (Å²) in [6.07, 6.45) is 0. The predicted octanol–water partition coefficient (Wildman–Crippen LogP) is 4.12. The van der Waals surface area contributed by atoms with E-state index >= 15 is 0 Å². The topological polar surface area (TPSA) is 28.7 Å². The van der Waals surface area contributed by atoms with E-state index in [0.29, 0.717) is 0 Å². The fourth-order valence-corrected chi connectivity index (χ4v) is 6.23. The molecular weight excluding hydrogens is 375 g/mol. The second kappa shape index (κ2) is 5.48. The fourth-order valence-electron chi connectivity index (χ4n) is 6.23. The second-order valence-electron chi connectivity index (χ2n) is 9.28. The lowest BCUT2D eigenvalue weighted by molar-refractivity contribution is 0.645. The molecule has 3 heteroatoms. The van der Waals surface area contributed by atoms with Gasteiger partial charge in [-0.25, -0.2) is 0 Å². The van der Waals surface area contributed by atoms with Gasteiger partial charge in [-0.2, -0.15) is 5.26 Å². The Hall–Kier alpha value is -3.77. The fraction of sp³-hybridized carbons (Fsp3) is 0.107. The first-order valence-corrected chi connectivity index (χ1v) is 10.8. The first kappa shape index (κ1) is 17.0. The molecule has 2 nitrogen and oxygen atoms in total. The average molecular weight is 394 g/mol. The molecule has 0 radical (unpaired) electrons. The molecule has 0 saturated heterocycles. The summed E-state index contributed by atoms with van der Waals surface area (Å²) in [6.45, 7) is 4.77. The van der Waals surface area contributed by atoms with Crippen LogP contribution in [0, 0.1) is 11.3 Å². The van der Waals surface area contributed by atoms with Crippen LogP contribution in [0.2, 0.25) is 0 Å². The molecule has 0 unspecified atom stereocenters. The summed E-state index contributed by atoms with van der Waals surface area (Å²) >= 11 is 0. The van der Waals surface area contributed by atoms with Crippen molar-refractivity contribution in [2.24, 2.45) is 0 Å². The molecule has 0 amide bonds. The zero-order valence-electron chi connectivity index (χ0n) is 17.5. The molecular formula is C28H19BN2. The normalized spacial score (nSPS) is 14.9. The van der Waals surface area contributed by atoms with Crippen molar-refractivity contribution < 1.29 is 0 Å². The number of aromatic nitrogens is 1. The van der Waals surface area contributed by atoms with Crippen LogP contribution in [0.3, 0.4) is 0 Å². The van der Waals surface area contributed by atoms with Gasteiger partial charge in [0.1, 0.15) is 6.07 Å². The number of hydrogen-bond acceptors (Lipinski definition) is 1. The zero-order valence-corrected chi connectivity index (χ0v) is 17.5. The lowest BCUT2D eigenvalue weighted by Crippen LogP contribution is -2.63. The third-order valence-corrected chi connectivity index (χ3v) is 7.51. The van der Waals surface area contributed by atoms with Gasteiger partial charge >= 0.3 is 0 Å². The van der Waals surface area contributed by atoms with Gasteiger partial charge in [0.25, 0.3) is 0 Å². The Bertz CT molecular complexity index is 1630. The average Bonchev–Trinajstić information content (AvgIpc) is 3.14. The van der Waals surface area contributed by atoms with Gasteiger partial charge in [0.2, 0.25) is 6.71 Å². The van der Waals surface area contributed by atoms with E-state index in [9.17, 15) is 5.26 Å². The zero-order chi connectivity index (χ0) is 20.9. The van der Waals surface area contributed by atoms with Gasteiger partial charge in [-0.15, -0.1) is 0 Å². The van der Waals surface area contributed by atoms with Crippen molar-refractivity contribution in [3.63, 3.8) is 0 Å². The number of para-hydroxylation sites is 2. The molecule has 2 aliphatic rings. The smallest absolute Gasteiger partial charge is 0.247 e.